The van der Waals surface area contributed by atoms with Crippen molar-refractivity contribution < 1.29 is 0 Å². The van der Waals surface area contributed by atoms with E-state index in [1.54, 1.807) is 0 Å². The number of nitrogens with two attached hydrogens (primary N) is 1. The van der Waals surface area contributed by atoms with E-state index in [4.69, 9.17) is 5.73 Å². The molecule has 6 heteroatoms. The number of aromatic nitrogens is 2. The third-order valence-electron chi connectivity index (χ3n) is 2.68. The van der Waals surface area contributed by atoms with E-state index in [0.29, 0.717) is 11.6 Å². The van der Waals surface area contributed by atoms with Crippen molar-refractivity contribution in [3.63, 3.8) is 0 Å². The van der Waals surface area contributed by atoms with Crippen LogP contribution >= 0.6 is 0 Å². The fourth-order valence-corrected chi connectivity index (χ4v) is 1.85. The quantitative estimate of drug-likeness (QED) is 0.599. The molecule has 2 heterocycles. The van der Waals surface area contributed by atoms with Crippen LogP contribution in [0, 0.1) is 0 Å². The molecule has 88 valence electrons. The standard InChI is InChI=1S/C10H17N5O/c11-8-7-10(16)14-9(13-8)1-4-15-5-2-12-3-6-15/h7,12H,1-6H2,(H3,11,13,14,16). The van der Waals surface area contributed by atoms with Gasteiger partial charge in [0.25, 0.3) is 5.56 Å². The molecule has 1 aliphatic rings. The number of nitrogen functional groups attached to an aromatic ring is 1. The van der Waals surface area contributed by atoms with E-state index in [1.807, 2.05) is 0 Å². The Kier molecular flexibility index (Phi) is 3.53. The normalized spacial score (nSPS) is 17.5. The largest absolute Gasteiger partial charge is 0.383 e. The predicted octanol–water partition coefficient (Wildman–Crippen LogP) is -1.20. The maximum Gasteiger partial charge on any atom is 0.252 e. The molecule has 0 atom stereocenters. The first-order chi connectivity index (χ1) is 7.74. The first kappa shape index (κ1) is 11.1. The molecule has 6 nitrogen and oxygen atoms in total. The summed E-state index contributed by atoms with van der Waals surface area (Å²) in [7, 11) is 0. The highest BCUT2D eigenvalue weighted by Gasteiger charge is 2.09. The molecule has 16 heavy (non-hydrogen) atoms. The molecule has 0 amide bonds. The maximum atomic E-state index is 11.2. The van der Waals surface area contributed by atoms with E-state index in [9.17, 15) is 4.79 Å². The second kappa shape index (κ2) is 5.09. The summed E-state index contributed by atoms with van der Waals surface area (Å²) >= 11 is 0. The van der Waals surface area contributed by atoms with E-state index in [-0.39, 0.29) is 5.56 Å². The maximum absolute atomic E-state index is 11.2. The predicted molar refractivity (Wildman–Crippen MR) is 62.3 cm³/mol. The average Bonchev–Trinajstić information content (AvgIpc) is 2.27. The van der Waals surface area contributed by atoms with Crippen LogP contribution in [0.25, 0.3) is 0 Å². The molecular weight excluding hydrogens is 206 g/mol. The summed E-state index contributed by atoms with van der Waals surface area (Å²) in [6, 6.07) is 1.30. The number of piperazine rings is 1. The fraction of sp³-hybridized carbons (Fsp3) is 0.600. The topological polar surface area (TPSA) is 87.0 Å². The third kappa shape index (κ3) is 3.04. The molecule has 1 aliphatic heterocycles. The van der Waals surface area contributed by atoms with Gasteiger partial charge in [-0.2, -0.15) is 0 Å². The minimum atomic E-state index is -0.178. The van der Waals surface area contributed by atoms with Gasteiger partial charge in [0.15, 0.2) is 0 Å². The SMILES string of the molecule is Nc1cc(=O)[nH]c(CCN2CCNCC2)n1. The Hall–Kier alpha value is -1.40. The van der Waals surface area contributed by atoms with Gasteiger partial charge in [-0.1, -0.05) is 0 Å². The minimum Gasteiger partial charge on any atom is -0.383 e. The molecule has 0 spiro atoms. The number of nitrogens with one attached hydrogen (secondary N) is 2. The molecule has 0 aromatic carbocycles. The van der Waals surface area contributed by atoms with Gasteiger partial charge < -0.3 is 20.9 Å². The van der Waals surface area contributed by atoms with E-state index < -0.39 is 0 Å². The van der Waals surface area contributed by atoms with Crippen molar-refractivity contribution in [2.75, 3.05) is 38.5 Å². The first-order valence-electron chi connectivity index (χ1n) is 5.53. The van der Waals surface area contributed by atoms with Gasteiger partial charge in [0.05, 0.1) is 0 Å². The van der Waals surface area contributed by atoms with Gasteiger partial charge in [-0.25, -0.2) is 4.98 Å². The number of H-pyrrole nitrogens is 1. The first-order valence-corrected chi connectivity index (χ1v) is 5.53. The van der Waals surface area contributed by atoms with Crippen molar-refractivity contribution in [2.45, 2.75) is 6.42 Å². The monoisotopic (exact) mass is 223 g/mol. The number of rotatable bonds is 3. The summed E-state index contributed by atoms with van der Waals surface area (Å²) in [5.74, 6) is 0.961. The zero-order valence-electron chi connectivity index (χ0n) is 9.20. The lowest BCUT2D eigenvalue weighted by Gasteiger charge is -2.26. The Morgan fingerprint density at radius 2 is 2.19 bits per heavy atom. The Morgan fingerprint density at radius 1 is 1.44 bits per heavy atom. The highest BCUT2D eigenvalue weighted by molar-refractivity contribution is 5.25. The zero-order valence-corrected chi connectivity index (χ0v) is 9.20. The van der Waals surface area contributed by atoms with Crippen LogP contribution < -0.4 is 16.6 Å². The Bertz CT molecular complexity index is 396. The highest BCUT2D eigenvalue weighted by atomic mass is 16.1. The van der Waals surface area contributed by atoms with Gasteiger partial charge in [0.1, 0.15) is 11.6 Å². The lowest BCUT2D eigenvalue weighted by atomic mass is 10.3. The Balaban J connectivity index is 1.90. The molecule has 0 aliphatic carbocycles. The van der Waals surface area contributed by atoms with E-state index in [0.717, 1.165) is 39.1 Å². The van der Waals surface area contributed by atoms with Crippen molar-refractivity contribution >= 4 is 5.82 Å². The van der Waals surface area contributed by atoms with Crippen molar-refractivity contribution in [1.29, 1.82) is 0 Å². The van der Waals surface area contributed by atoms with Gasteiger partial charge in [-0.05, 0) is 0 Å². The fourth-order valence-electron chi connectivity index (χ4n) is 1.85. The lowest BCUT2D eigenvalue weighted by Crippen LogP contribution is -2.44. The number of aromatic amines is 1. The second-order valence-electron chi connectivity index (χ2n) is 3.96. The van der Waals surface area contributed by atoms with Crippen LogP contribution in [0.3, 0.4) is 0 Å². The van der Waals surface area contributed by atoms with E-state index >= 15 is 0 Å². The molecule has 0 bridgehead atoms. The van der Waals surface area contributed by atoms with Crippen molar-refractivity contribution in [1.82, 2.24) is 20.2 Å². The summed E-state index contributed by atoms with van der Waals surface area (Å²) in [5.41, 5.74) is 5.34. The molecule has 1 aromatic rings. The Morgan fingerprint density at radius 3 is 2.88 bits per heavy atom. The number of anilines is 1. The summed E-state index contributed by atoms with van der Waals surface area (Å²) in [4.78, 5) is 20.3. The van der Waals surface area contributed by atoms with Crippen LogP contribution in [-0.4, -0.2) is 47.6 Å². The summed E-state index contributed by atoms with van der Waals surface area (Å²) in [5, 5.41) is 3.30. The third-order valence-corrected chi connectivity index (χ3v) is 2.68. The van der Waals surface area contributed by atoms with Gasteiger partial charge in [-0.3, -0.25) is 4.79 Å². The lowest BCUT2D eigenvalue weighted by molar-refractivity contribution is 0.242. The van der Waals surface area contributed by atoms with Crippen LogP contribution in [0.2, 0.25) is 0 Å². The molecule has 1 fully saturated rings. The zero-order chi connectivity index (χ0) is 11.4. The molecule has 0 radical (unpaired) electrons. The molecule has 2 rings (SSSR count). The smallest absolute Gasteiger partial charge is 0.252 e. The van der Waals surface area contributed by atoms with E-state index in [2.05, 4.69) is 20.2 Å². The van der Waals surface area contributed by atoms with Gasteiger partial charge >= 0.3 is 0 Å². The average molecular weight is 223 g/mol. The van der Waals surface area contributed by atoms with Gasteiger partial charge in [0.2, 0.25) is 0 Å². The second-order valence-corrected chi connectivity index (χ2v) is 3.96. The van der Waals surface area contributed by atoms with Gasteiger partial charge in [-0.15, -0.1) is 0 Å². The summed E-state index contributed by atoms with van der Waals surface area (Å²) in [6.07, 6.45) is 0.736. The van der Waals surface area contributed by atoms with E-state index in [1.165, 1.54) is 6.07 Å². The van der Waals surface area contributed by atoms with Crippen LogP contribution in [0.15, 0.2) is 10.9 Å². The Labute approximate surface area is 93.9 Å². The van der Waals surface area contributed by atoms with Gasteiger partial charge in [0, 0.05) is 45.2 Å². The highest BCUT2D eigenvalue weighted by Crippen LogP contribution is 1.97. The van der Waals surface area contributed by atoms with Crippen molar-refractivity contribution in [3.05, 3.63) is 22.2 Å². The minimum absolute atomic E-state index is 0.178. The molecular formula is C10H17N5O. The molecule has 0 unspecified atom stereocenters. The number of hydrogen-bond donors (Lipinski definition) is 3. The van der Waals surface area contributed by atoms with Crippen LogP contribution in [0.1, 0.15) is 5.82 Å². The molecule has 0 saturated carbocycles. The van der Waals surface area contributed by atoms with Crippen LogP contribution in [0.4, 0.5) is 5.82 Å². The van der Waals surface area contributed by atoms with Crippen LogP contribution in [-0.2, 0) is 6.42 Å². The summed E-state index contributed by atoms with van der Waals surface area (Å²) in [6.45, 7) is 5.06. The molecule has 1 aromatic heterocycles. The number of hydrogen-bond acceptors (Lipinski definition) is 5. The molecule has 1 saturated heterocycles. The molecule has 4 N–H and O–H groups in total. The van der Waals surface area contributed by atoms with Crippen molar-refractivity contribution in [2.24, 2.45) is 0 Å². The number of nitrogens with zero attached hydrogens (tertiary/aromatic N) is 2. The summed E-state index contributed by atoms with van der Waals surface area (Å²) < 4.78 is 0. The van der Waals surface area contributed by atoms with Crippen LogP contribution in [0.5, 0.6) is 0 Å². The van der Waals surface area contributed by atoms with Crippen molar-refractivity contribution in [3.8, 4) is 0 Å².